The van der Waals surface area contributed by atoms with Crippen LogP contribution >= 0.6 is 0 Å². The lowest BCUT2D eigenvalue weighted by atomic mass is 10.2. The number of hydrogen-bond acceptors (Lipinski definition) is 5. The van der Waals surface area contributed by atoms with Crippen molar-refractivity contribution in [1.82, 2.24) is 20.2 Å². The SMILES string of the molecule is Cc1cc(Nc2nc(Nc3cccc(F)c3)nc3ccccc23)n[nH]1. The molecular formula is C18H15FN6. The van der Waals surface area contributed by atoms with Crippen molar-refractivity contribution in [2.45, 2.75) is 6.92 Å². The van der Waals surface area contributed by atoms with Gasteiger partial charge in [0.2, 0.25) is 5.95 Å². The van der Waals surface area contributed by atoms with E-state index in [1.165, 1.54) is 12.1 Å². The third-order valence-electron chi connectivity index (χ3n) is 3.64. The Labute approximate surface area is 143 Å². The van der Waals surface area contributed by atoms with E-state index in [4.69, 9.17) is 0 Å². The molecule has 0 unspecified atom stereocenters. The monoisotopic (exact) mass is 334 g/mol. The second kappa shape index (κ2) is 6.20. The van der Waals surface area contributed by atoms with Gasteiger partial charge in [-0.2, -0.15) is 10.1 Å². The molecule has 25 heavy (non-hydrogen) atoms. The number of anilines is 4. The molecule has 4 rings (SSSR count). The molecule has 0 saturated carbocycles. The lowest BCUT2D eigenvalue weighted by Crippen LogP contribution is -2.02. The third kappa shape index (κ3) is 3.25. The molecule has 7 heteroatoms. The number of aryl methyl sites for hydroxylation is 1. The Morgan fingerprint density at radius 2 is 1.84 bits per heavy atom. The molecule has 2 aromatic carbocycles. The molecule has 0 fully saturated rings. The number of nitrogens with zero attached hydrogens (tertiary/aromatic N) is 3. The Balaban J connectivity index is 1.75. The van der Waals surface area contributed by atoms with E-state index < -0.39 is 0 Å². The Bertz CT molecular complexity index is 1040. The van der Waals surface area contributed by atoms with Crippen LogP contribution in [0.2, 0.25) is 0 Å². The van der Waals surface area contributed by atoms with Gasteiger partial charge in [0.05, 0.1) is 5.52 Å². The summed E-state index contributed by atoms with van der Waals surface area (Å²) in [4.78, 5) is 9.02. The molecule has 0 aliphatic rings. The molecular weight excluding hydrogens is 319 g/mol. The molecule has 0 atom stereocenters. The summed E-state index contributed by atoms with van der Waals surface area (Å²) in [7, 11) is 0. The molecule has 4 aromatic rings. The van der Waals surface area contributed by atoms with Crippen molar-refractivity contribution in [3.8, 4) is 0 Å². The van der Waals surface area contributed by atoms with Gasteiger partial charge in [-0.1, -0.05) is 18.2 Å². The molecule has 2 heterocycles. The maximum Gasteiger partial charge on any atom is 0.229 e. The number of aromatic amines is 1. The van der Waals surface area contributed by atoms with E-state index in [1.54, 1.807) is 12.1 Å². The summed E-state index contributed by atoms with van der Waals surface area (Å²) in [6.45, 7) is 1.92. The number of fused-ring (bicyclic) bond motifs is 1. The molecule has 0 aliphatic heterocycles. The van der Waals surface area contributed by atoms with Crippen LogP contribution in [0.5, 0.6) is 0 Å². The standard InChI is InChI=1S/C18H15FN6/c1-11-9-16(25-24-11)22-17-14-7-2-3-8-15(14)21-18(23-17)20-13-6-4-5-12(19)10-13/h2-10H,1H3,(H3,20,21,22,23,24,25). The Kier molecular flexibility index (Phi) is 3.74. The average Bonchev–Trinajstić information content (AvgIpc) is 3.00. The van der Waals surface area contributed by atoms with E-state index in [0.717, 1.165) is 16.6 Å². The zero-order valence-corrected chi connectivity index (χ0v) is 13.4. The van der Waals surface area contributed by atoms with Gasteiger partial charge in [-0.3, -0.25) is 5.10 Å². The summed E-state index contributed by atoms with van der Waals surface area (Å²) in [6, 6.07) is 15.7. The Morgan fingerprint density at radius 1 is 0.960 bits per heavy atom. The van der Waals surface area contributed by atoms with Crippen molar-refractivity contribution in [2.24, 2.45) is 0 Å². The molecule has 0 spiro atoms. The fraction of sp³-hybridized carbons (Fsp3) is 0.0556. The lowest BCUT2D eigenvalue weighted by molar-refractivity contribution is 0.628. The fourth-order valence-electron chi connectivity index (χ4n) is 2.53. The predicted octanol–water partition coefficient (Wildman–Crippen LogP) is 4.29. The number of rotatable bonds is 4. The molecule has 6 nitrogen and oxygen atoms in total. The molecule has 0 saturated heterocycles. The van der Waals surface area contributed by atoms with Crippen LogP contribution in [0.4, 0.5) is 27.7 Å². The Morgan fingerprint density at radius 3 is 2.64 bits per heavy atom. The van der Waals surface area contributed by atoms with Gasteiger partial charge in [0.1, 0.15) is 11.6 Å². The van der Waals surface area contributed by atoms with E-state index >= 15 is 0 Å². The van der Waals surface area contributed by atoms with Crippen LogP contribution < -0.4 is 10.6 Å². The first kappa shape index (κ1) is 15.1. The number of para-hydroxylation sites is 1. The number of benzene rings is 2. The smallest absolute Gasteiger partial charge is 0.229 e. The lowest BCUT2D eigenvalue weighted by Gasteiger charge is -2.10. The maximum atomic E-state index is 13.4. The first-order valence-electron chi connectivity index (χ1n) is 7.76. The van der Waals surface area contributed by atoms with Gasteiger partial charge in [0.25, 0.3) is 0 Å². The highest BCUT2D eigenvalue weighted by Crippen LogP contribution is 2.26. The van der Waals surface area contributed by atoms with Crippen molar-refractivity contribution in [3.63, 3.8) is 0 Å². The average molecular weight is 334 g/mol. The van der Waals surface area contributed by atoms with E-state index in [2.05, 4.69) is 30.8 Å². The van der Waals surface area contributed by atoms with Gasteiger partial charge >= 0.3 is 0 Å². The van der Waals surface area contributed by atoms with Crippen LogP contribution in [0.15, 0.2) is 54.6 Å². The quantitative estimate of drug-likeness (QED) is 0.519. The van der Waals surface area contributed by atoms with Gasteiger partial charge in [-0.25, -0.2) is 9.37 Å². The van der Waals surface area contributed by atoms with Crippen LogP contribution in [-0.2, 0) is 0 Å². The Hall–Kier alpha value is -3.48. The first-order chi connectivity index (χ1) is 12.2. The van der Waals surface area contributed by atoms with Crippen molar-refractivity contribution >= 4 is 34.2 Å². The molecule has 124 valence electrons. The van der Waals surface area contributed by atoms with Gasteiger partial charge < -0.3 is 10.6 Å². The third-order valence-corrected chi connectivity index (χ3v) is 3.64. The van der Waals surface area contributed by atoms with E-state index in [1.807, 2.05) is 37.3 Å². The largest absolute Gasteiger partial charge is 0.324 e. The second-order valence-electron chi connectivity index (χ2n) is 5.61. The zero-order valence-electron chi connectivity index (χ0n) is 13.4. The minimum atomic E-state index is -0.323. The highest BCUT2D eigenvalue weighted by Gasteiger charge is 2.09. The first-order valence-corrected chi connectivity index (χ1v) is 7.76. The molecule has 0 radical (unpaired) electrons. The highest BCUT2D eigenvalue weighted by atomic mass is 19.1. The molecule has 0 bridgehead atoms. The fourth-order valence-corrected chi connectivity index (χ4v) is 2.53. The highest BCUT2D eigenvalue weighted by molar-refractivity contribution is 5.91. The van der Waals surface area contributed by atoms with Gasteiger partial charge in [-0.15, -0.1) is 0 Å². The number of H-pyrrole nitrogens is 1. The van der Waals surface area contributed by atoms with E-state index in [0.29, 0.717) is 23.3 Å². The van der Waals surface area contributed by atoms with Crippen molar-refractivity contribution in [3.05, 3.63) is 66.1 Å². The van der Waals surface area contributed by atoms with Crippen molar-refractivity contribution in [1.29, 1.82) is 0 Å². The topological polar surface area (TPSA) is 78.5 Å². The maximum absolute atomic E-state index is 13.4. The number of aromatic nitrogens is 4. The summed E-state index contributed by atoms with van der Waals surface area (Å²) in [5.74, 6) is 1.34. The van der Waals surface area contributed by atoms with Gasteiger partial charge in [0, 0.05) is 22.8 Å². The molecule has 3 N–H and O–H groups in total. The van der Waals surface area contributed by atoms with Crippen LogP contribution in [0.3, 0.4) is 0 Å². The van der Waals surface area contributed by atoms with Crippen LogP contribution in [0.1, 0.15) is 5.69 Å². The minimum Gasteiger partial charge on any atom is -0.324 e. The number of halogens is 1. The zero-order chi connectivity index (χ0) is 17.2. The van der Waals surface area contributed by atoms with E-state index in [-0.39, 0.29) is 5.82 Å². The predicted molar refractivity (Wildman–Crippen MR) is 95.8 cm³/mol. The van der Waals surface area contributed by atoms with Crippen LogP contribution in [0, 0.1) is 12.7 Å². The summed E-state index contributed by atoms with van der Waals surface area (Å²) in [6.07, 6.45) is 0. The summed E-state index contributed by atoms with van der Waals surface area (Å²) >= 11 is 0. The summed E-state index contributed by atoms with van der Waals surface area (Å²) in [5.41, 5.74) is 2.29. The summed E-state index contributed by atoms with van der Waals surface area (Å²) in [5, 5.41) is 14.2. The number of nitrogens with one attached hydrogen (secondary N) is 3. The molecule has 2 aromatic heterocycles. The summed E-state index contributed by atoms with van der Waals surface area (Å²) < 4.78 is 13.4. The van der Waals surface area contributed by atoms with Crippen molar-refractivity contribution in [2.75, 3.05) is 10.6 Å². The van der Waals surface area contributed by atoms with Gasteiger partial charge in [0.15, 0.2) is 5.82 Å². The van der Waals surface area contributed by atoms with Crippen LogP contribution in [-0.4, -0.2) is 20.2 Å². The second-order valence-corrected chi connectivity index (χ2v) is 5.61. The van der Waals surface area contributed by atoms with E-state index in [9.17, 15) is 4.39 Å². The van der Waals surface area contributed by atoms with Crippen LogP contribution in [0.25, 0.3) is 10.9 Å². The molecule has 0 aliphatic carbocycles. The number of hydrogen-bond donors (Lipinski definition) is 3. The normalized spacial score (nSPS) is 10.8. The van der Waals surface area contributed by atoms with Crippen molar-refractivity contribution < 1.29 is 4.39 Å². The minimum absolute atomic E-state index is 0.323. The van der Waals surface area contributed by atoms with Gasteiger partial charge in [-0.05, 0) is 37.3 Å². The molecule has 0 amide bonds.